The number of hydrogen-bond donors (Lipinski definition) is 1. The standard InChI is InChI=1S/C18H19Cl2NO3/c1-18(2,3)24-17(22)21-15-4-6-16(7-5-15)23-11-12-8-13(19)10-14(20)9-12/h4-10H,11H2,1-3H3,(H,21,22). The highest BCUT2D eigenvalue weighted by atomic mass is 35.5. The van der Waals surface area contributed by atoms with E-state index in [1.165, 1.54) is 0 Å². The van der Waals surface area contributed by atoms with Gasteiger partial charge in [0.05, 0.1) is 0 Å². The van der Waals surface area contributed by atoms with Gasteiger partial charge < -0.3 is 9.47 Å². The fourth-order valence-corrected chi connectivity index (χ4v) is 2.49. The molecule has 0 aliphatic rings. The molecule has 0 bridgehead atoms. The lowest BCUT2D eigenvalue weighted by Gasteiger charge is -2.19. The molecule has 0 aromatic heterocycles. The van der Waals surface area contributed by atoms with Gasteiger partial charge in [-0.05, 0) is 68.8 Å². The Balaban J connectivity index is 1.91. The largest absolute Gasteiger partial charge is 0.489 e. The van der Waals surface area contributed by atoms with E-state index in [9.17, 15) is 4.79 Å². The quantitative estimate of drug-likeness (QED) is 0.729. The van der Waals surface area contributed by atoms with Crippen molar-refractivity contribution < 1.29 is 14.3 Å². The first-order valence-electron chi connectivity index (χ1n) is 7.39. The molecule has 0 aliphatic heterocycles. The van der Waals surface area contributed by atoms with Gasteiger partial charge in [-0.1, -0.05) is 23.2 Å². The molecule has 0 aliphatic carbocycles. The minimum absolute atomic E-state index is 0.346. The summed E-state index contributed by atoms with van der Waals surface area (Å²) in [6.07, 6.45) is -0.496. The number of carbonyl (C=O) groups is 1. The smallest absolute Gasteiger partial charge is 0.412 e. The molecule has 1 amide bonds. The molecule has 0 saturated heterocycles. The third kappa shape index (κ3) is 6.30. The third-order valence-corrected chi connectivity index (χ3v) is 3.26. The molecule has 4 nitrogen and oxygen atoms in total. The van der Waals surface area contributed by atoms with Crippen LogP contribution < -0.4 is 10.1 Å². The highest BCUT2D eigenvalue weighted by Crippen LogP contribution is 2.22. The summed E-state index contributed by atoms with van der Waals surface area (Å²) in [6, 6.07) is 12.3. The lowest BCUT2D eigenvalue weighted by molar-refractivity contribution is 0.0636. The lowest BCUT2D eigenvalue weighted by Crippen LogP contribution is -2.27. The Labute approximate surface area is 151 Å². The Morgan fingerprint density at radius 1 is 1.04 bits per heavy atom. The van der Waals surface area contributed by atoms with Gasteiger partial charge in [0.15, 0.2) is 0 Å². The highest BCUT2D eigenvalue weighted by molar-refractivity contribution is 6.34. The molecule has 0 radical (unpaired) electrons. The molecule has 0 atom stereocenters. The summed E-state index contributed by atoms with van der Waals surface area (Å²) >= 11 is 11.9. The van der Waals surface area contributed by atoms with Crippen LogP contribution in [0.5, 0.6) is 5.75 Å². The zero-order valence-electron chi connectivity index (χ0n) is 13.7. The van der Waals surface area contributed by atoms with Crippen molar-refractivity contribution >= 4 is 35.0 Å². The monoisotopic (exact) mass is 367 g/mol. The van der Waals surface area contributed by atoms with E-state index in [0.29, 0.717) is 28.1 Å². The van der Waals surface area contributed by atoms with E-state index in [4.69, 9.17) is 32.7 Å². The fourth-order valence-electron chi connectivity index (χ4n) is 1.92. The molecular formula is C18H19Cl2NO3. The van der Waals surface area contributed by atoms with Gasteiger partial charge in [0.2, 0.25) is 0 Å². The van der Waals surface area contributed by atoms with E-state index in [2.05, 4.69) is 5.32 Å². The van der Waals surface area contributed by atoms with Crippen molar-refractivity contribution in [3.63, 3.8) is 0 Å². The summed E-state index contributed by atoms with van der Waals surface area (Å²) in [4.78, 5) is 11.7. The van der Waals surface area contributed by atoms with Crippen molar-refractivity contribution in [3.05, 3.63) is 58.1 Å². The van der Waals surface area contributed by atoms with Crippen molar-refractivity contribution in [2.45, 2.75) is 33.0 Å². The fraction of sp³-hybridized carbons (Fsp3) is 0.278. The van der Waals surface area contributed by atoms with Crippen molar-refractivity contribution in [2.75, 3.05) is 5.32 Å². The Kier molecular flexibility index (Phi) is 5.97. The number of hydrogen-bond acceptors (Lipinski definition) is 3. The SMILES string of the molecule is CC(C)(C)OC(=O)Nc1ccc(OCc2cc(Cl)cc(Cl)c2)cc1. The van der Waals surface area contributed by atoms with Crippen LogP contribution >= 0.6 is 23.2 Å². The minimum Gasteiger partial charge on any atom is -0.489 e. The highest BCUT2D eigenvalue weighted by Gasteiger charge is 2.16. The summed E-state index contributed by atoms with van der Waals surface area (Å²) in [5.41, 5.74) is 0.969. The van der Waals surface area contributed by atoms with Gasteiger partial charge in [-0.2, -0.15) is 0 Å². The molecule has 2 aromatic carbocycles. The second-order valence-corrected chi connectivity index (χ2v) is 7.09. The molecule has 0 saturated carbocycles. The third-order valence-electron chi connectivity index (χ3n) is 2.83. The van der Waals surface area contributed by atoms with Crippen LogP contribution in [0.25, 0.3) is 0 Å². The molecule has 2 rings (SSSR count). The topological polar surface area (TPSA) is 47.6 Å². The lowest BCUT2D eigenvalue weighted by atomic mass is 10.2. The van der Waals surface area contributed by atoms with Gasteiger partial charge in [-0.15, -0.1) is 0 Å². The molecule has 0 unspecified atom stereocenters. The first kappa shape index (κ1) is 18.4. The predicted molar refractivity (Wildman–Crippen MR) is 97.1 cm³/mol. The summed E-state index contributed by atoms with van der Waals surface area (Å²) in [7, 11) is 0. The van der Waals surface area contributed by atoms with Crippen LogP contribution in [0.2, 0.25) is 10.0 Å². The Morgan fingerprint density at radius 3 is 2.17 bits per heavy atom. The van der Waals surface area contributed by atoms with Crippen LogP contribution in [-0.2, 0) is 11.3 Å². The molecule has 0 spiro atoms. The van der Waals surface area contributed by atoms with E-state index in [0.717, 1.165) is 5.56 Å². The van der Waals surface area contributed by atoms with Crippen molar-refractivity contribution in [2.24, 2.45) is 0 Å². The number of amides is 1. The predicted octanol–water partition coefficient (Wildman–Crippen LogP) is 5.92. The van der Waals surface area contributed by atoms with Gasteiger partial charge in [0.25, 0.3) is 0 Å². The maximum Gasteiger partial charge on any atom is 0.412 e. The van der Waals surface area contributed by atoms with Crippen molar-refractivity contribution in [1.29, 1.82) is 0 Å². The molecule has 0 heterocycles. The van der Waals surface area contributed by atoms with Gasteiger partial charge in [0.1, 0.15) is 18.0 Å². The molecule has 6 heteroatoms. The molecule has 0 fully saturated rings. The van der Waals surface area contributed by atoms with Crippen LogP contribution in [0.3, 0.4) is 0 Å². The normalized spacial score (nSPS) is 11.0. The Bertz CT molecular complexity index is 689. The number of halogens is 2. The van der Waals surface area contributed by atoms with E-state index in [1.807, 2.05) is 20.8 Å². The number of ether oxygens (including phenoxy) is 2. The van der Waals surface area contributed by atoms with E-state index < -0.39 is 11.7 Å². The summed E-state index contributed by atoms with van der Waals surface area (Å²) in [5, 5.41) is 3.80. The number of rotatable bonds is 4. The molecule has 24 heavy (non-hydrogen) atoms. The number of benzene rings is 2. The maximum atomic E-state index is 11.7. The van der Waals surface area contributed by atoms with Gasteiger partial charge in [-0.25, -0.2) is 4.79 Å². The van der Waals surface area contributed by atoms with E-state index >= 15 is 0 Å². The van der Waals surface area contributed by atoms with Gasteiger partial charge in [-0.3, -0.25) is 5.32 Å². The summed E-state index contributed by atoms with van der Waals surface area (Å²) in [6.45, 7) is 5.78. The molecule has 128 valence electrons. The van der Waals surface area contributed by atoms with Gasteiger partial charge >= 0.3 is 6.09 Å². The van der Waals surface area contributed by atoms with Crippen LogP contribution in [-0.4, -0.2) is 11.7 Å². The van der Waals surface area contributed by atoms with Crippen molar-refractivity contribution in [3.8, 4) is 5.75 Å². The first-order valence-corrected chi connectivity index (χ1v) is 8.15. The zero-order valence-corrected chi connectivity index (χ0v) is 15.2. The van der Waals surface area contributed by atoms with E-state index in [-0.39, 0.29) is 0 Å². The Hall–Kier alpha value is -1.91. The average molecular weight is 368 g/mol. The first-order chi connectivity index (χ1) is 11.2. The second-order valence-electron chi connectivity index (χ2n) is 6.22. The number of carbonyl (C=O) groups excluding carboxylic acids is 1. The second kappa shape index (κ2) is 7.77. The molecular weight excluding hydrogens is 349 g/mol. The van der Waals surface area contributed by atoms with Crippen LogP contribution in [0.1, 0.15) is 26.3 Å². The minimum atomic E-state index is -0.536. The summed E-state index contributed by atoms with van der Waals surface area (Å²) in [5.74, 6) is 0.667. The van der Waals surface area contributed by atoms with Crippen molar-refractivity contribution in [1.82, 2.24) is 0 Å². The number of anilines is 1. The zero-order chi connectivity index (χ0) is 17.7. The molecule has 2 aromatic rings. The maximum absolute atomic E-state index is 11.7. The average Bonchev–Trinajstić information content (AvgIpc) is 2.43. The molecule has 1 N–H and O–H groups in total. The van der Waals surface area contributed by atoms with Crippen LogP contribution in [0.4, 0.5) is 10.5 Å². The van der Waals surface area contributed by atoms with Crippen LogP contribution in [0.15, 0.2) is 42.5 Å². The van der Waals surface area contributed by atoms with Crippen LogP contribution in [0, 0.1) is 0 Å². The summed E-state index contributed by atoms with van der Waals surface area (Å²) < 4.78 is 10.9. The number of nitrogens with one attached hydrogen (secondary N) is 1. The Morgan fingerprint density at radius 2 is 1.62 bits per heavy atom. The van der Waals surface area contributed by atoms with E-state index in [1.54, 1.807) is 42.5 Å². The van der Waals surface area contributed by atoms with Gasteiger partial charge in [0, 0.05) is 15.7 Å².